The fourth-order valence-electron chi connectivity index (χ4n) is 2.40. The van der Waals surface area contributed by atoms with E-state index in [4.69, 9.17) is 0 Å². The largest absolute Gasteiger partial charge is 0.300 e. The first-order chi connectivity index (χ1) is 6.75. The van der Waals surface area contributed by atoms with Crippen molar-refractivity contribution in [3.63, 3.8) is 0 Å². The molecule has 0 spiro atoms. The van der Waals surface area contributed by atoms with Crippen molar-refractivity contribution in [3.8, 4) is 0 Å². The van der Waals surface area contributed by atoms with Gasteiger partial charge >= 0.3 is 0 Å². The highest BCUT2D eigenvalue weighted by molar-refractivity contribution is 7.80. The molecule has 14 heavy (non-hydrogen) atoms. The van der Waals surface area contributed by atoms with Crippen molar-refractivity contribution < 1.29 is 0 Å². The zero-order valence-corrected chi connectivity index (χ0v) is 10.3. The minimum absolute atomic E-state index is 0.799. The van der Waals surface area contributed by atoms with E-state index in [0.717, 1.165) is 24.3 Å². The molecule has 1 saturated carbocycles. The third-order valence-corrected chi connectivity index (χ3v) is 3.51. The maximum Gasteiger partial charge on any atom is 0.0163 e. The Morgan fingerprint density at radius 2 is 2.00 bits per heavy atom. The average molecular weight is 213 g/mol. The van der Waals surface area contributed by atoms with Crippen LogP contribution in [0.3, 0.4) is 0 Å². The van der Waals surface area contributed by atoms with Gasteiger partial charge in [-0.25, -0.2) is 0 Å². The fraction of sp³-hybridized carbons (Fsp3) is 0.833. The lowest BCUT2D eigenvalue weighted by atomic mass is 9.85. The molecule has 0 aromatic carbocycles. The molecule has 1 aliphatic carbocycles. The molecule has 1 nitrogen and oxygen atoms in total. The molecule has 0 bridgehead atoms. The molecule has 0 aromatic heterocycles. The van der Waals surface area contributed by atoms with Gasteiger partial charge in [-0.3, -0.25) is 4.90 Å². The number of nitrogens with zero attached hydrogens (tertiary/aromatic N) is 1. The second kappa shape index (κ2) is 6.52. The van der Waals surface area contributed by atoms with E-state index in [9.17, 15) is 0 Å². The molecule has 1 fully saturated rings. The summed E-state index contributed by atoms with van der Waals surface area (Å²) in [4.78, 5) is 2.49. The molecule has 0 amide bonds. The quantitative estimate of drug-likeness (QED) is 0.555. The second-order valence-corrected chi connectivity index (χ2v) is 4.79. The molecule has 0 saturated heterocycles. The van der Waals surface area contributed by atoms with E-state index in [0.29, 0.717) is 0 Å². The van der Waals surface area contributed by atoms with E-state index >= 15 is 0 Å². The second-order valence-electron chi connectivity index (χ2n) is 4.42. The van der Waals surface area contributed by atoms with Gasteiger partial charge in [0, 0.05) is 18.3 Å². The van der Waals surface area contributed by atoms with Crippen LogP contribution in [-0.2, 0) is 0 Å². The standard InChI is InChI=1S/C12H23NS/c1-11-7-3-4-8-12(11)13(2)9-5-6-10-14/h5-6,11-12,14H,3-4,7-10H2,1-2H3. The highest BCUT2D eigenvalue weighted by Gasteiger charge is 2.23. The van der Waals surface area contributed by atoms with Crippen LogP contribution in [0.1, 0.15) is 32.6 Å². The summed E-state index contributed by atoms with van der Waals surface area (Å²) < 4.78 is 0. The van der Waals surface area contributed by atoms with E-state index < -0.39 is 0 Å². The molecule has 0 aliphatic heterocycles. The van der Waals surface area contributed by atoms with Crippen LogP contribution in [0.15, 0.2) is 12.2 Å². The van der Waals surface area contributed by atoms with Gasteiger partial charge in [-0.15, -0.1) is 0 Å². The zero-order valence-electron chi connectivity index (χ0n) is 9.45. The lowest BCUT2D eigenvalue weighted by molar-refractivity contribution is 0.152. The third-order valence-electron chi connectivity index (χ3n) is 3.30. The molecule has 2 unspecified atom stereocenters. The van der Waals surface area contributed by atoms with Crippen molar-refractivity contribution in [2.75, 3.05) is 19.3 Å². The van der Waals surface area contributed by atoms with Crippen LogP contribution < -0.4 is 0 Å². The van der Waals surface area contributed by atoms with E-state index in [1.807, 2.05) is 0 Å². The predicted octanol–water partition coefficient (Wildman–Crippen LogP) is 2.98. The van der Waals surface area contributed by atoms with Crippen LogP contribution in [-0.4, -0.2) is 30.3 Å². The lowest BCUT2D eigenvalue weighted by Crippen LogP contribution is -2.38. The van der Waals surface area contributed by atoms with E-state index in [-0.39, 0.29) is 0 Å². The molecule has 2 atom stereocenters. The van der Waals surface area contributed by atoms with Crippen LogP contribution in [0.4, 0.5) is 0 Å². The summed E-state index contributed by atoms with van der Waals surface area (Å²) in [6.07, 6.45) is 9.99. The van der Waals surface area contributed by atoms with Gasteiger partial charge in [-0.05, 0) is 25.8 Å². The monoisotopic (exact) mass is 213 g/mol. The summed E-state index contributed by atoms with van der Waals surface area (Å²) in [7, 11) is 2.25. The van der Waals surface area contributed by atoms with E-state index in [1.54, 1.807) is 0 Å². The minimum Gasteiger partial charge on any atom is -0.300 e. The van der Waals surface area contributed by atoms with Crippen molar-refractivity contribution in [3.05, 3.63) is 12.2 Å². The first kappa shape index (κ1) is 12.1. The molecule has 0 heterocycles. The average Bonchev–Trinajstić information content (AvgIpc) is 2.18. The van der Waals surface area contributed by atoms with Gasteiger partial charge in [0.2, 0.25) is 0 Å². The Kier molecular flexibility index (Phi) is 5.64. The Labute approximate surface area is 94.0 Å². The van der Waals surface area contributed by atoms with Crippen LogP contribution in [0.2, 0.25) is 0 Å². The smallest absolute Gasteiger partial charge is 0.0163 e. The Balaban J connectivity index is 2.34. The van der Waals surface area contributed by atoms with Gasteiger partial charge in [-0.1, -0.05) is 31.9 Å². The van der Waals surface area contributed by atoms with Gasteiger partial charge in [0.25, 0.3) is 0 Å². The van der Waals surface area contributed by atoms with Gasteiger partial charge in [0.1, 0.15) is 0 Å². The summed E-state index contributed by atoms with van der Waals surface area (Å²) in [5, 5.41) is 0. The third kappa shape index (κ3) is 3.66. The first-order valence-electron chi connectivity index (χ1n) is 5.71. The molecule has 82 valence electrons. The SMILES string of the molecule is CC1CCCCC1N(C)CC=CCS. The topological polar surface area (TPSA) is 3.24 Å². The minimum atomic E-state index is 0.799. The van der Waals surface area contributed by atoms with Gasteiger partial charge in [-0.2, -0.15) is 12.6 Å². The maximum atomic E-state index is 4.16. The van der Waals surface area contributed by atoms with Crippen molar-refractivity contribution >= 4 is 12.6 Å². The summed E-state index contributed by atoms with van der Waals surface area (Å²) >= 11 is 4.16. The van der Waals surface area contributed by atoms with Gasteiger partial charge in [0.15, 0.2) is 0 Å². The number of hydrogen-bond acceptors (Lipinski definition) is 2. The summed E-state index contributed by atoms with van der Waals surface area (Å²) in [5.74, 6) is 1.73. The number of thiol groups is 1. The van der Waals surface area contributed by atoms with Crippen molar-refractivity contribution in [1.29, 1.82) is 0 Å². The van der Waals surface area contributed by atoms with E-state index in [2.05, 4.69) is 43.7 Å². The molecule has 1 rings (SSSR count). The van der Waals surface area contributed by atoms with Crippen LogP contribution in [0, 0.1) is 5.92 Å². The predicted molar refractivity (Wildman–Crippen MR) is 67.0 cm³/mol. The molecule has 0 N–H and O–H groups in total. The first-order valence-corrected chi connectivity index (χ1v) is 6.35. The molecular weight excluding hydrogens is 190 g/mol. The van der Waals surface area contributed by atoms with Crippen LogP contribution in [0.25, 0.3) is 0 Å². The van der Waals surface area contributed by atoms with Gasteiger partial charge < -0.3 is 0 Å². The fourth-order valence-corrected chi connectivity index (χ4v) is 2.55. The Bertz CT molecular complexity index is 179. The molecular formula is C12H23NS. The molecule has 0 radical (unpaired) electrons. The van der Waals surface area contributed by atoms with Gasteiger partial charge in [0.05, 0.1) is 0 Å². The van der Waals surface area contributed by atoms with E-state index in [1.165, 1.54) is 25.7 Å². The number of hydrogen-bond donors (Lipinski definition) is 1. The highest BCUT2D eigenvalue weighted by Crippen LogP contribution is 2.27. The number of likely N-dealkylation sites (N-methyl/N-ethyl adjacent to an activating group) is 1. The Morgan fingerprint density at radius 1 is 1.29 bits per heavy atom. The van der Waals surface area contributed by atoms with Crippen molar-refractivity contribution in [2.45, 2.75) is 38.6 Å². The number of rotatable bonds is 4. The lowest BCUT2D eigenvalue weighted by Gasteiger charge is -2.35. The van der Waals surface area contributed by atoms with Crippen LogP contribution >= 0.6 is 12.6 Å². The Hall–Kier alpha value is 0.0500. The van der Waals surface area contributed by atoms with Crippen molar-refractivity contribution in [2.24, 2.45) is 5.92 Å². The molecule has 2 heteroatoms. The Morgan fingerprint density at radius 3 is 2.64 bits per heavy atom. The maximum absolute atomic E-state index is 4.16. The van der Waals surface area contributed by atoms with Crippen LogP contribution in [0.5, 0.6) is 0 Å². The molecule has 0 aromatic rings. The summed E-state index contributed by atoms with van der Waals surface area (Å²) in [6, 6.07) is 0.799. The van der Waals surface area contributed by atoms with Crippen molar-refractivity contribution in [1.82, 2.24) is 4.90 Å². The zero-order chi connectivity index (χ0) is 10.4. The molecule has 1 aliphatic rings. The highest BCUT2D eigenvalue weighted by atomic mass is 32.1. The summed E-state index contributed by atoms with van der Waals surface area (Å²) in [5.41, 5.74) is 0. The summed E-state index contributed by atoms with van der Waals surface area (Å²) in [6.45, 7) is 3.47. The normalized spacial score (nSPS) is 28.9.